The summed E-state index contributed by atoms with van der Waals surface area (Å²) in [7, 11) is 1.46. The summed E-state index contributed by atoms with van der Waals surface area (Å²) in [6, 6.07) is 4.89. The van der Waals surface area contributed by atoms with E-state index in [1.54, 1.807) is 6.07 Å². The molecule has 1 heterocycles. The minimum absolute atomic E-state index is 0. The Kier molecular flexibility index (Phi) is 12.4. The molecule has 0 bridgehead atoms. The van der Waals surface area contributed by atoms with Gasteiger partial charge in [-0.2, -0.15) is 0 Å². The van der Waals surface area contributed by atoms with Crippen LogP contribution in [-0.2, 0) is 9.47 Å². The molecule has 0 aromatic heterocycles. The number of nitrogens with zero attached hydrogens (tertiary/aromatic N) is 1. The zero-order valence-corrected chi connectivity index (χ0v) is 19.3. The van der Waals surface area contributed by atoms with Crippen molar-refractivity contribution in [3.63, 3.8) is 0 Å². The molecule has 1 fully saturated rings. The lowest BCUT2D eigenvalue weighted by atomic mass is 10.1. The van der Waals surface area contributed by atoms with Crippen LogP contribution in [0.1, 0.15) is 38.3 Å². The quantitative estimate of drug-likeness (QED) is 0.219. The van der Waals surface area contributed by atoms with E-state index in [2.05, 4.69) is 15.6 Å². The lowest BCUT2D eigenvalue weighted by molar-refractivity contribution is 0.0893. The Labute approximate surface area is 184 Å². The fourth-order valence-corrected chi connectivity index (χ4v) is 2.88. The van der Waals surface area contributed by atoms with Gasteiger partial charge in [-0.15, -0.1) is 24.0 Å². The minimum Gasteiger partial charge on any atom is -0.494 e. The van der Waals surface area contributed by atoms with Crippen molar-refractivity contribution in [2.24, 2.45) is 10.9 Å². The third-order valence-electron chi connectivity index (χ3n) is 4.47. The molecule has 1 aromatic rings. The Bertz CT molecular complexity index is 598. The van der Waals surface area contributed by atoms with Gasteiger partial charge in [-0.05, 0) is 44.4 Å². The molecule has 160 valence electrons. The van der Waals surface area contributed by atoms with E-state index in [4.69, 9.17) is 14.2 Å². The molecule has 2 unspecified atom stereocenters. The van der Waals surface area contributed by atoms with Gasteiger partial charge in [0, 0.05) is 32.2 Å². The Morgan fingerprint density at radius 2 is 2.25 bits per heavy atom. The molecule has 0 radical (unpaired) electrons. The second-order valence-corrected chi connectivity index (χ2v) is 6.68. The molecule has 28 heavy (non-hydrogen) atoms. The molecule has 2 N–H and O–H groups in total. The normalized spacial score (nSPS) is 17.7. The molecule has 0 amide bonds. The summed E-state index contributed by atoms with van der Waals surface area (Å²) in [5.74, 6) is 1.13. The summed E-state index contributed by atoms with van der Waals surface area (Å²) in [4.78, 5) is 4.58. The second-order valence-electron chi connectivity index (χ2n) is 6.68. The van der Waals surface area contributed by atoms with Crippen LogP contribution in [0.25, 0.3) is 0 Å². The minimum atomic E-state index is -0.365. The van der Waals surface area contributed by atoms with Crippen LogP contribution in [0.4, 0.5) is 4.39 Å². The van der Waals surface area contributed by atoms with Crippen LogP contribution in [-0.4, -0.2) is 52.6 Å². The van der Waals surface area contributed by atoms with Gasteiger partial charge in [0.05, 0.1) is 26.4 Å². The van der Waals surface area contributed by atoms with Gasteiger partial charge >= 0.3 is 0 Å². The van der Waals surface area contributed by atoms with Crippen LogP contribution >= 0.6 is 24.0 Å². The first kappa shape index (κ1) is 24.9. The van der Waals surface area contributed by atoms with Gasteiger partial charge < -0.3 is 24.8 Å². The maximum absolute atomic E-state index is 13.9. The molecule has 2 atom stereocenters. The lowest BCUT2D eigenvalue weighted by Crippen LogP contribution is -2.38. The second kappa shape index (κ2) is 13.9. The smallest absolute Gasteiger partial charge is 0.191 e. The molecular weight excluding hydrogens is 476 g/mol. The predicted molar refractivity (Wildman–Crippen MR) is 120 cm³/mol. The highest BCUT2D eigenvalue weighted by atomic mass is 127. The van der Waals surface area contributed by atoms with Gasteiger partial charge in [0.25, 0.3) is 0 Å². The molecule has 1 aromatic carbocycles. The van der Waals surface area contributed by atoms with Crippen molar-refractivity contribution in [2.75, 3.05) is 46.6 Å². The summed E-state index contributed by atoms with van der Waals surface area (Å²) in [6.07, 6.45) is 1.95. The topological polar surface area (TPSA) is 64.1 Å². The highest BCUT2D eigenvalue weighted by Gasteiger charge is 2.15. The van der Waals surface area contributed by atoms with E-state index in [-0.39, 0.29) is 41.6 Å². The van der Waals surface area contributed by atoms with E-state index < -0.39 is 0 Å². The van der Waals surface area contributed by atoms with Crippen LogP contribution < -0.4 is 15.4 Å². The number of rotatable bonds is 10. The van der Waals surface area contributed by atoms with Crippen molar-refractivity contribution < 1.29 is 18.6 Å². The molecule has 2 rings (SSSR count). The molecule has 6 nitrogen and oxygen atoms in total. The van der Waals surface area contributed by atoms with E-state index in [9.17, 15) is 4.39 Å². The number of methoxy groups -OCH3 is 1. The monoisotopic (exact) mass is 509 g/mol. The number of hydrogen-bond acceptors (Lipinski definition) is 4. The van der Waals surface area contributed by atoms with Gasteiger partial charge in [-0.1, -0.05) is 6.07 Å². The van der Waals surface area contributed by atoms with Gasteiger partial charge in [0.2, 0.25) is 0 Å². The molecule has 8 heteroatoms. The van der Waals surface area contributed by atoms with Crippen molar-refractivity contribution in [1.82, 2.24) is 10.6 Å². The van der Waals surface area contributed by atoms with Crippen LogP contribution in [0.5, 0.6) is 5.75 Å². The molecular formula is C20H33FIN3O3. The van der Waals surface area contributed by atoms with Crippen molar-refractivity contribution in [2.45, 2.75) is 32.7 Å². The third kappa shape index (κ3) is 8.48. The van der Waals surface area contributed by atoms with Gasteiger partial charge in [-0.3, -0.25) is 4.99 Å². The standard InChI is InChI=1S/C20H32FN3O3.HI/c1-4-22-20(23-9-5-10-26-13-16-8-11-27-14-16)24-15(2)17-6-7-19(25-3)18(21)12-17;/h6-7,12,15-16H,4-5,8-11,13-14H2,1-3H3,(H2,22,23,24);1H. The Morgan fingerprint density at radius 1 is 1.43 bits per heavy atom. The number of benzene rings is 1. The summed E-state index contributed by atoms with van der Waals surface area (Å²) in [6.45, 7) is 8.54. The number of guanidine groups is 1. The first-order valence-electron chi connectivity index (χ1n) is 9.67. The number of aliphatic imine (C=N–C) groups is 1. The van der Waals surface area contributed by atoms with Gasteiger partial charge in [-0.25, -0.2) is 4.39 Å². The number of ether oxygens (including phenoxy) is 3. The predicted octanol–water partition coefficient (Wildman–Crippen LogP) is 3.51. The Hall–Kier alpha value is -1.13. The van der Waals surface area contributed by atoms with Gasteiger partial charge in [0.1, 0.15) is 0 Å². The fourth-order valence-electron chi connectivity index (χ4n) is 2.88. The van der Waals surface area contributed by atoms with E-state index >= 15 is 0 Å². The maximum atomic E-state index is 13.9. The number of halogens is 2. The molecule has 0 aliphatic carbocycles. The average molecular weight is 509 g/mol. The number of nitrogens with one attached hydrogen (secondary N) is 2. The maximum Gasteiger partial charge on any atom is 0.191 e. The van der Waals surface area contributed by atoms with Crippen molar-refractivity contribution in [3.05, 3.63) is 29.6 Å². The first-order valence-corrected chi connectivity index (χ1v) is 9.67. The lowest BCUT2D eigenvalue weighted by Gasteiger charge is -2.18. The summed E-state index contributed by atoms with van der Waals surface area (Å²) < 4.78 is 29.9. The molecule has 0 spiro atoms. The summed E-state index contributed by atoms with van der Waals surface area (Å²) in [5.41, 5.74) is 0.834. The molecule has 1 saturated heterocycles. The SMILES string of the molecule is CCNC(=NCCCOCC1CCOC1)NC(C)c1ccc(OC)c(F)c1.I. The van der Waals surface area contributed by atoms with Crippen LogP contribution in [0.3, 0.4) is 0 Å². The van der Waals surface area contributed by atoms with Crippen LogP contribution in [0, 0.1) is 11.7 Å². The van der Waals surface area contributed by atoms with Crippen LogP contribution in [0.15, 0.2) is 23.2 Å². The van der Waals surface area contributed by atoms with E-state index in [0.717, 1.165) is 44.8 Å². The average Bonchev–Trinajstić information content (AvgIpc) is 3.18. The highest BCUT2D eigenvalue weighted by Crippen LogP contribution is 2.21. The molecule has 1 aliphatic rings. The summed E-state index contributed by atoms with van der Waals surface area (Å²) >= 11 is 0. The number of hydrogen-bond donors (Lipinski definition) is 2. The highest BCUT2D eigenvalue weighted by molar-refractivity contribution is 14.0. The van der Waals surface area contributed by atoms with Gasteiger partial charge in [0.15, 0.2) is 17.5 Å². The van der Waals surface area contributed by atoms with E-state index in [1.807, 2.05) is 19.9 Å². The van der Waals surface area contributed by atoms with Crippen LogP contribution in [0.2, 0.25) is 0 Å². The zero-order valence-electron chi connectivity index (χ0n) is 17.0. The van der Waals surface area contributed by atoms with E-state index in [1.165, 1.54) is 13.2 Å². The Morgan fingerprint density at radius 3 is 2.89 bits per heavy atom. The van der Waals surface area contributed by atoms with Crippen molar-refractivity contribution >= 4 is 29.9 Å². The van der Waals surface area contributed by atoms with Crippen molar-refractivity contribution in [1.29, 1.82) is 0 Å². The molecule has 0 saturated carbocycles. The third-order valence-corrected chi connectivity index (χ3v) is 4.47. The first-order chi connectivity index (χ1) is 13.1. The van der Waals surface area contributed by atoms with Crippen molar-refractivity contribution in [3.8, 4) is 5.75 Å². The van der Waals surface area contributed by atoms with E-state index in [0.29, 0.717) is 25.0 Å². The largest absolute Gasteiger partial charge is 0.494 e. The Balaban J connectivity index is 0.00000392. The molecule has 1 aliphatic heterocycles. The summed E-state index contributed by atoms with van der Waals surface area (Å²) in [5, 5.41) is 6.53. The fraction of sp³-hybridized carbons (Fsp3) is 0.650. The zero-order chi connectivity index (χ0) is 19.5.